The largest absolute Gasteiger partial charge is 0.481 e. The SMILES string of the molecule is O=C(O)CCCS(=O)(=O)NCCOC1CCCCC1. The van der Waals surface area contributed by atoms with E-state index in [-0.39, 0.29) is 31.2 Å². The molecule has 1 aliphatic carbocycles. The molecule has 1 aliphatic rings. The van der Waals surface area contributed by atoms with Crippen molar-refractivity contribution in [3.05, 3.63) is 0 Å². The highest BCUT2D eigenvalue weighted by atomic mass is 32.2. The topological polar surface area (TPSA) is 92.7 Å². The van der Waals surface area contributed by atoms with Gasteiger partial charge in [-0.3, -0.25) is 4.79 Å². The molecule has 6 nitrogen and oxygen atoms in total. The van der Waals surface area contributed by atoms with Crippen LogP contribution in [0.3, 0.4) is 0 Å². The normalized spacial score (nSPS) is 17.5. The Morgan fingerprint density at radius 2 is 1.95 bits per heavy atom. The summed E-state index contributed by atoms with van der Waals surface area (Å²) in [5.74, 6) is -1.13. The maximum atomic E-state index is 11.5. The standard InChI is InChI=1S/C12H23NO5S/c14-12(15)7-4-10-19(16,17)13-8-9-18-11-5-2-1-3-6-11/h11,13H,1-10H2,(H,14,15). The van der Waals surface area contributed by atoms with Gasteiger partial charge >= 0.3 is 5.97 Å². The van der Waals surface area contributed by atoms with E-state index in [2.05, 4.69) is 4.72 Å². The zero-order valence-corrected chi connectivity index (χ0v) is 12.0. The van der Waals surface area contributed by atoms with E-state index in [0.29, 0.717) is 6.61 Å². The number of nitrogens with one attached hydrogen (secondary N) is 1. The van der Waals surface area contributed by atoms with Gasteiger partial charge in [-0.15, -0.1) is 0 Å². The van der Waals surface area contributed by atoms with Crippen LogP contribution in [0.15, 0.2) is 0 Å². The third kappa shape index (κ3) is 8.18. The summed E-state index contributed by atoms with van der Waals surface area (Å²) >= 11 is 0. The third-order valence-corrected chi connectivity index (χ3v) is 4.60. The van der Waals surface area contributed by atoms with Crippen molar-refractivity contribution in [1.82, 2.24) is 4.72 Å². The van der Waals surface area contributed by atoms with Gasteiger partial charge < -0.3 is 9.84 Å². The van der Waals surface area contributed by atoms with Gasteiger partial charge in [-0.25, -0.2) is 13.1 Å². The first kappa shape index (κ1) is 16.4. The molecule has 1 rings (SSSR count). The second-order valence-corrected chi connectivity index (χ2v) is 6.77. The number of sulfonamides is 1. The van der Waals surface area contributed by atoms with Gasteiger partial charge in [0.25, 0.3) is 0 Å². The van der Waals surface area contributed by atoms with Crippen LogP contribution >= 0.6 is 0 Å². The van der Waals surface area contributed by atoms with E-state index in [9.17, 15) is 13.2 Å². The Kier molecular flexibility index (Phi) is 7.33. The third-order valence-electron chi connectivity index (χ3n) is 3.13. The number of hydrogen-bond donors (Lipinski definition) is 2. The molecule has 7 heteroatoms. The molecule has 0 aromatic rings. The van der Waals surface area contributed by atoms with E-state index in [1.807, 2.05) is 0 Å². The van der Waals surface area contributed by atoms with Crippen molar-refractivity contribution in [2.24, 2.45) is 0 Å². The van der Waals surface area contributed by atoms with Crippen molar-refractivity contribution in [1.29, 1.82) is 0 Å². The Morgan fingerprint density at radius 3 is 2.58 bits per heavy atom. The molecule has 0 aliphatic heterocycles. The Bertz CT molecular complexity index is 362. The maximum Gasteiger partial charge on any atom is 0.303 e. The van der Waals surface area contributed by atoms with E-state index in [1.54, 1.807) is 0 Å². The smallest absolute Gasteiger partial charge is 0.303 e. The van der Waals surface area contributed by atoms with Gasteiger partial charge in [0.2, 0.25) is 10.0 Å². The van der Waals surface area contributed by atoms with Crippen LogP contribution in [0.25, 0.3) is 0 Å². The molecule has 0 saturated heterocycles. The number of ether oxygens (including phenoxy) is 1. The van der Waals surface area contributed by atoms with Crippen LogP contribution in [0.1, 0.15) is 44.9 Å². The molecule has 0 heterocycles. The highest BCUT2D eigenvalue weighted by Gasteiger charge is 2.14. The van der Waals surface area contributed by atoms with Crippen molar-refractivity contribution < 1.29 is 23.1 Å². The average molecular weight is 293 g/mol. The van der Waals surface area contributed by atoms with Crippen molar-refractivity contribution in [3.8, 4) is 0 Å². The van der Waals surface area contributed by atoms with Gasteiger partial charge in [0.15, 0.2) is 0 Å². The minimum absolute atomic E-state index is 0.126. The number of rotatable bonds is 9. The second kappa shape index (κ2) is 8.50. The predicted molar refractivity (Wildman–Crippen MR) is 71.5 cm³/mol. The molecular weight excluding hydrogens is 270 g/mol. The molecule has 0 radical (unpaired) electrons. The lowest BCUT2D eigenvalue weighted by atomic mass is 9.98. The molecule has 0 spiro atoms. The molecule has 0 aromatic heterocycles. The van der Waals surface area contributed by atoms with Gasteiger partial charge in [-0.2, -0.15) is 0 Å². The fraction of sp³-hybridized carbons (Fsp3) is 0.917. The summed E-state index contributed by atoms with van der Waals surface area (Å²) in [4.78, 5) is 10.3. The molecule has 1 saturated carbocycles. The Hall–Kier alpha value is -0.660. The second-order valence-electron chi connectivity index (χ2n) is 4.84. The van der Waals surface area contributed by atoms with Gasteiger partial charge in [-0.05, 0) is 19.3 Å². The Balaban J connectivity index is 2.08. The average Bonchev–Trinajstić information content (AvgIpc) is 2.35. The molecule has 0 atom stereocenters. The van der Waals surface area contributed by atoms with Crippen LogP contribution in [0.2, 0.25) is 0 Å². The number of hydrogen-bond acceptors (Lipinski definition) is 4. The molecule has 0 amide bonds. The predicted octanol–water partition coefficient (Wildman–Crippen LogP) is 1.12. The van der Waals surface area contributed by atoms with E-state index < -0.39 is 16.0 Å². The lowest BCUT2D eigenvalue weighted by Gasteiger charge is -2.21. The highest BCUT2D eigenvalue weighted by molar-refractivity contribution is 7.89. The van der Waals surface area contributed by atoms with Crippen LogP contribution in [0.4, 0.5) is 0 Å². The summed E-state index contributed by atoms with van der Waals surface area (Å²) in [6, 6.07) is 0. The first-order chi connectivity index (χ1) is 8.99. The van der Waals surface area contributed by atoms with Crippen molar-refractivity contribution in [2.45, 2.75) is 51.0 Å². The zero-order valence-electron chi connectivity index (χ0n) is 11.1. The molecule has 2 N–H and O–H groups in total. The minimum Gasteiger partial charge on any atom is -0.481 e. The number of aliphatic carboxylic acids is 1. The highest BCUT2D eigenvalue weighted by Crippen LogP contribution is 2.19. The molecule has 0 unspecified atom stereocenters. The summed E-state index contributed by atoms with van der Waals surface area (Å²) in [6.45, 7) is 0.634. The van der Waals surface area contributed by atoms with Gasteiger partial charge in [0.1, 0.15) is 0 Å². The minimum atomic E-state index is -3.37. The fourth-order valence-electron chi connectivity index (χ4n) is 2.14. The summed E-state index contributed by atoms with van der Waals surface area (Å²) in [6.07, 6.45) is 6.03. The van der Waals surface area contributed by atoms with Gasteiger partial charge in [0, 0.05) is 13.0 Å². The summed E-state index contributed by atoms with van der Waals surface area (Å²) < 4.78 is 31.0. The fourth-order valence-corrected chi connectivity index (χ4v) is 3.20. The van der Waals surface area contributed by atoms with Crippen molar-refractivity contribution in [2.75, 3.05) is 18.9 Å². The lowest BCUT2D eigenvalue weighted by Crippen LogP contribution is -2.31. The first-order valence-electron chi connectivity index (χ1n) is 6.80. The summed E-state index contributed by atoms with van der Waals surface area (Å²) in [5, 5.41) is 8.43. The molecule has 1 fully saturated rings. The van der Waals surface area contributed by atoms with Crippen LogP contribution in [-0.2, 0) is 19.6 Å². The monoisotopic (exact) mass is 293 g/mol. The molecule has 0 aromatic carbocycles. The number of carbonyl (C=O) groups is 1. The van der Waals surface area contributed by atoms with E-state index in [4.69, 9.17) is 9.84 Å². The van der Waals surface area contributed by atoms with Crippen LogP contribution in [0, 0.1) is 0 Å². The van der Waals surface area contributed by atoms with Crippen LogP contribution in [0.5, 0.6) is 0 Å². The van der Waals surface area contributed by atoms with Gasteiger partial charge in [-0.1, -0.05) is 19.3 Å². The molecule has 112 valence electrons. The maximum absolute atomic E-state index is 11.5. The molecule has 0 bridgehead atoms. The Labute approximate surface area is 114 Å². The number of carboxylic acid groups (broad SMARTS) is 1. The van der Waals surface area contributed by atoms with Crippen LogP contribution < -0.4 is 4.72 Å². The quantitative estimate of drug-likeness (QED) is 0.621. The van der Waals surface area contributed by atoms with Crippen molar-refractivity contribution >= 4 is 16.0 Å². The van der Waals surface area contributed by atoms with Gasteiger partial charge in [0.05, 0.1) is 18.5 Å². The lowest BCUT2D eigenvalue weighted by molar-refractivity contribution is -0.137. The zero-order chi connectivity index (χ0) is 14.1. The van der Waals surface area contributed by atoms with Crippen molar-refractivity contribution in [3.63, 3.8) is 0 Å². The first-order valence-corrected chi connectivity index (χ1v) is 8.45. The number of carboxylic acids is 1. The summed E-state index contributed by atoms with van der Waals surface area (Å²) in [7, 11) is -3.37. The molecule has 19 heavy (non-hydrogen) atoms. The van der Waals surface area contributed by atoms with E-state index in [1.165, 1.54) is 19.3 Å². The Morgan fingerprint density at radius 1 is 1.26 bits per heavy atom. The summed E-state index contributed by atoms with van der Waals surface area (Å²) in [5.41, 5.74) is 0. The molecular formula is C12H23NO5S. The van der Waals surface area contributed by atoms with Crippen LogP contribution in [-0.4, -0.2) is 44.5 Å². The van der Waals surface area contributed by atoms with E-state index >= 15 is 0 Å². The van der Waals surface area contributed by atoms with E-state index in [0.717, 1.165) is 12.8 Å².